The smallest absolute Gasteiger partial charge is 0.126 e. The van der Waals surface area contributed by atoms with Crippen LogP contribution < -0.4 is 5.73 Å². The van der Waals surface area contributed by atoms with Gasteiger partial charge in [0.25, 0.3) is 0 Å². The Balaban J connectivity index is 2.66. The molecule has 1 aromatic carbocycles. The van der Waals surface area contributed by atoms with E-state index in [1.807, 2.05) is 4.90 Å². The minimum Gasteiger partial charge on any atom is -0.393 e. The van der Waals surface area contributed by atoms with Crippen molar-refractivity contribution in [1.82, 2.24) is 4.90 Å². The number of hydrogen-bond acceptors (Lipinski definition) is 3. The van der Waals surface area contributed by atoms with E-state index in [2.05, 4.69) is 0 Å². The lowest BCUT2D eigenvalue weighted by atomic mass is 10.2. The first-order valence-electron chi connectivity index (χ1n) is 5.96. The Morgan fingerprint density at radius 2 is 1.89 bits per heavy atom. The molecule has 2 N–H and O–H groups in total. The average Bonchev–Trinajstić information content (AvgIpc) is 2.31. The summed E-state index contributed by atoms with van der Waals surface area (Å²) >= 11 is 4.83. The van der Waals surface area contributed by atoms with Gasteiger partial charge < -0.3 is 10.5 Å². The zero-order valence-corrected chi connectivity index (χ0v) is 11.7. The van der Waals surface area contributed by atoms with Gasteiger partial charge in [0.1, 0.15) is 11.6 Å². The highest BCUT2D eigenvalue weighted by Crippen LogP contribution is 2.11. The van der Waals surface area contributed by atoms with E-state index in [9.17, 15) is 8.78 Å². The fourth-order valence-electron chi connectivity index (χ4n) is 1.72. The molecule has 0 aliphatic rings. The van der Waals surface area contributed by atoms with Crippen LogP contribution in [0.2, 0.25) is 0 Å². The predicted molar refractivity (Wildman–Crippen MR) is 74.9 cm³/mol. The van der Waals surface area contributed by atoms with Crippen LogP contribution in [0.15, 0.2) is 18.2 Å². The number of nitrogens with two attached hydrogens (primary N) is 1. The molecule has 0 radical (unpaired) electrons. The Kier molecular flexibility index (Phi) is 6.83. The highest BCUT2D eigenvalue weighted by Gasteiger charge is 2.08. The lowest BCUT2D eigenvalue weighted by Gasteiger charge is -2.21. The SMILES string of the molecule is COCCN(CCC(N)=S)Cc1cc(F)cc(F)c1. The molecule has 1 aromatic rings. The molecule has 0 heterocycles. The van der Waals surface area contributed by atoms with Crippen molar-refractivity contribution in [3.05, 3.63) is 35.4 Å². The summed E-state index contributed by atoms with van der Waals surface area (Å²) in [6, 6.07) is 3.51. The van der Waals surface area contributed by atoms with E-state index in [0.29, 0.717) is 43.2 Å². The lowest BCUT2D eigenvalue weighted by Crippen LogP contribution is -2.30. The number of nitrogens with zero attached hydrogens (tertiary/aromatic N) is 1. The van der Waals surface area contributed by atoms with Crippen LogP contribution in [0.3, 0.4) is 0 Å². The first kappa shape index (κ1) is 15.9. The molecule has 0 saturated carbocycles. The van der Waals surface area contributed by atoms with Crippen LogP contribution in [-0.4, -0.2) is 36.7 Å². The van der Waals surface area contributed by atoms with Gasteiger partial charge in [-0.05, 0) is 17.7 Å². The van der Waals surface area contributed by atoms with Gasteiger partial charge in [-0.3, -0.25) is 4.90 Å². The zero-order chi connectivity index (χ0) is 14.3. The molecule has 0 atom stereocenters. The van der Waals surface area contributed by atoms with E-state index in [1.54, 1.807) is 7.11 Å². The molecule has 0 spiro atoms. The van der Waals surface area contributed by atoms with E-state index < -0.39 is 11.6 Å². The fraction of sp³-hybridized carbons (Fsp3) is 0.462. The highest BCUT2D eigenvalue weighted by molar-refractivity contribution is 7.80. The summed E-state index contributed by atoms with van der Waals surface area (Å²) in [5, 5.41) is 0. The fourth-order valence-corrected chi connectivity index (χ4v) is 1.81. The highest BCUT2D eigenvalue weighted by atomic mass is 32.1. The number of rotatable bonds is 8. The van der Waals surface area contributed by atoms with Crippen LogP contribution in [0.1, 0.15) is 12.0 Å². The largest absolute Gasteiger partial charge is 0.393 e. The maximum absolute atomic E-state index is 13.1. The van der Waals surface area contributed by atoms with Gasteiger partial charge in [0, 0.05) is 39.2 Å². The van der Waals surface area contributed by atoms with Gasteiger partial charge in [-0.1, -0.05) is 12.2 Å². The molecular weight excluding hydrogens is 270 g/mol. The van der Waals surface area contributed by atoms with Crippen molar-refractivity contribution < 1.29 is 13.5 Å². The van der Waals surface area contributed by atoms with Crippen LogP contribution in [0.25, 0.3) is 0 Å². The van der Waals surface area contributed by atoms with Gasteiger partial charge in [-0.2, -0.15) is 0 Å². The molecule has 0 bridgehead atoms. The van der Waals surface area contributed by atoms with Gasteiger partial charge >= 0.3 is 0 Å². The predicted octanol–water partition coefficient (Wildman–Crippen LogP) is 2.09. The van der Waals surface area contributed by atoms with Crippen LogP contribution in [0, 0.1) is 11.6 Å². The number of thiocarbonyl (C=S) groups is 1. The monoisotopic (exact) mass is 288 g/mol. The zero-order valence-electron chi connectivity index (χ0n) is 10.9. The van der Waals surface area contributed by atoms with Crippen molar-refractivity contribution in [2.24, 2.45) is 5.73 Å². The van der Waals surface area contributed by atoms with E-state index in [0.717, 1.165) is 6.07 Å². The van der Waals surface area contributed by atoms with Crippen molar-refractivity contribution in [2.45, 2.75) is 13.0 Å². The average molecular weight is 288 g/mol. The van der Waals surface area contributed by atoms with Gasteiger partial charge in [0.05, 0.1) is 11.6 Å². The third-order valence-electron chi connectivity index (χ3n) is 2.61. The minimum absolute atomic E-state index is 0.424. The minimum atomic E-state index is -0.573. The van der Waals surface area contributed by atoms with Crippen molar-refractivity contribution in [1.29, 1.82) is 0 Å². The van der Waals surface area contributed by atoms with Crippen molar-refractivity contribution in [2.75, 3.05) is 26.8 Å². The maximum atomic E-state index is 13.1. The van der Waals surface area contributed by atoms with Crippen LogP contribution in [0.5, 0.6) is 0 Å². The maximum Gasteiger partial charge on any atom is 0.126 e. The molecule has 1 rings (SSSR count). The summed E-state index contributed by atoms with van der Waals surface area (Å²) in [6.07, 6.45) is 0.566. The van der Waals surface area contributed by atoms with Gasteiger partial charge in [0.2, 0.25) is 0 Å². The second-order valence-corrected chi connectivity index (χ2v) is 4.79. The standard InChI is InChI=1S/C13H18F2N2OS/c1-18-5-4-17(3-2-13(16)19)9-10-6-11(14)8-12(15)7-10/h6-8H,2-5,9H2,1H3,(H2,16,19). The molecule has 19 heavy (non-hydrogen) atoms. The van der Waals surface area contributed by atoms with Gasteiger partial charge in [-0.15, -0.1) is 0 Å². The Labute approximate surface area is 117 Å². The number of benzene rings is 1. The summed E-state index contributed by atoms with van der Waals surface area (Å²) in [4.78, 5) is 2.42. The number of methoxy groups -OCH3 is 1. The second-order valence-electron chi connectivity index (χ2n) is 4.26. The Morgan fingerprint density at radius 1 is 1.26 bits per heavy atom. The quantitative estimate of drug-likeness (QED) is 0.743. The van der Waals surface area contributed by atoms with Gasteiger partial charge in [-0.25, -0.2) is 8.78 Å². The molecule has 106 valence electrons. The lowest BCUT2D eigenvalue weighted by molar-refractivity contribution is 0.145. The first-order valence-corrected chi connectivity index (χ1v) is 6.36. The molecule has 3 nitrogen and oxygen atoms in total. The molecule has 0 amide bonds. The van der Waals surface area contributed by atoms with Crippen molar-refractivity contribution in [3.8, 4) is 0 Å². The van der Waals surface area contributed by atoms with E-state index in [1.165, 1.54) is 12.1 Å². The number of hydrogen-bond donors (Lipinski definition) is 1. The molecule has 0 fully saturated rings. The molecule has 0 aromatic heterocycles. The normalized spacial score (nSPS) is 10.9. The Hall–Kier alpha value is -1.11. The molecule has 0 unspecified atom stereocenters. The summed E-state index contributed by atoms with van der Waals surface area (Å²) in [7, 11) is 1.60. The molecular formula is C13H18F2N2OS. The molecule has 0 aliphatic carbocycles. The van der Waals surface area contributed by atoms with E-state index in [4.69, 9.17) is 22.7 Å². The van der Waals surface area contributed by atoms with Gasteiger partial charge in [0.15, 0.2) is 0 Å². The second kappa shape index (κ2) is 8.14. The summed E-state index contributed by atoms with van der Waals surface area (Å²) in [5.41, 5.74) is 6.04. The third kappa shape index (κ3) is 6.56. The number of halogens is 2. The van der Waals surface area contributed by atoms with E-state index >= 15 is 0 Å². The Morgan fingerprint density at radius 3 is 2.42 bits per heavy atom. The molecule has 6 heteroatoms. The van der Waals surface area contributed by atoms with Crippen LogP contribution >= 0.6 is 12.2 Å². The summed E-state index contributed by atoms with van der Waals surface area (Å²) in [6.45, 7) is 2.25. The van der Waals surface area contributed by atoms with Crippen molar-refractivity contribution in [3.63, 3.8) is 0 Å². The van der Waals surface area contributed by atoms with Crippen LogP contribution in [-0.2, 0) is 11.3 Å². The van der Waals surface area contributed by atoms with Crippen molar-refractivity contribution >= 4 is 17.2 Å². The summed E-state index contributed by atoms with van der Waals surface area (Å²) in [5.74, 6) is -1.15. The van der Waals surface area contributed by atoms with Crippen LogP contribution in [0.4, 0.5) is 8.78 Å². The first-order chi connectivity index (χ1) is 9.01. The topological polar surface area (TPSA) is 38.5 Å². The third-order valence-corrected chi connectivity index (χ3v) is 2.82. The molecule has 0 saturated heterocycles. The summed E-state index contributed by atoms with van der Waals surface area (Å²) < 4.78 is 31.3. The Bertz CT molecular complexity index is 409. The van der Waals surface area contributed by atoms with E-state index in [-0.39, 0.29) is 0 Å². The number of ether oxygens (including phenoxy) is 1. The molecule has 0 aliphatic heterocycles.